The molecule has 7 nitrogen and oxygen atoms in total. The van der Waals surface area contributed by atoms with E-state index in [1.807, 2.05) is 32.0 Å². The molecule has 2 atom stereocenters. The summed E-state index contributed by atoms with van der Waals surface area (Å²) < 4.78 is 0. The van der Waals surface area contributed by atoms with Gasteiger partial charge >= 0.3 is 5.97 Å². The molecule has 0 aromatic heterocycles. The molecule has 0 saturated carbocycles. The van der Waals surface area contributed by atoms with Crippen molar-refractivity contribution in [2.75, 3.05) is 6.54 Å². The molecule has 0 unspecified atom stereocenters. The van der Waals surface area contributed by atoms with Crippen LogP contribution in [0.15, 0.2) is 30.3 Å². The molecular weight excluding hydrogens is 310 g/mol. The van der Waals surface area contributed by atoms with Gasteiger partial charge in [0.05, 0.1) is 12.1 Å². The van der Waals surface area contributed by atoms with Crippen molar-refractivity contribution in [3.8, 4) is 0 Å². The third kappa shape index (κ3) is 6.10. The average molecular weight is 335 g/mol. The lowest BCUT2D eigenvalue weighted by atomic mass is 10.0. The van der Waals surface area contributed by atoms with Gasteiger partial charge in [-0.3, -0.25) is 19.3 Å². The Labute approximate surface area is 141 Å². The van der Waals surface area contributed by atoms with Crippen molar-refractivity contribution in [3.63, 3.8) is 0 Å². The maximum absolute atomic E-state index is 12.5. The molecule has 0 saturated heterocycles. The van der Waals surface area contributed by atoms with Crippen LogP contribution in [-0.4, -0.2) is 46.4 Å². The van der Waals surface area contributed by atoms with E-state index in [9.17, 15) is 14.4 Å². The fourth-order valence-electron chi connectivity index (χ4n) is 2.36. The standard InChI is InChI=1S/C17H25N3O4/c1-11(2)8-13(18)16(23)20(10-15(21)22)17(24)14(19)9-12-6-4-3-5-7-12/h3-7,11,13-14H,8-10,18-19H2,1-2H3,(H,21,22)/t13-,14-/m0/s1. The number of carbonyl (C=O) groups is 3. The monoisotopic (exact) mass is 335 g/mol. The van der Waals surface area contributed by atoms with Crippen molar-refractivity contribution >= 4 is 17.8 Å². The van der Waals surface area contributed by atoms with E-state index in [2.05, 4.69) is 0 Å². The third-order valence-electron chi connectivity index (χ3n) is 3.48. The number of imide groups is 1. The fourth-order valence-corrected chi connectivity index (χ4v) is 2.36. The predicted molar refractivity (Wildman–Crippen MR) is 89.9 cm³/mol. The second-order valence-electron chi connectivity index (χ2n) is 6.19. The Morgan fingerprint density at radius 3 is 2.08 bits per heavy atom. The molecule has 132 valence electrons. The lowest BCUT2D eigenvalue weighted by molar-refractivity contribution is -0.154. The van der Waals surface area contributed by atoms with Gasteiger partial charge in [0.15, 0.2) is 0 Å². The van der Waals surface area contributed by atoms with E-state index >= 15 is 0 Å². The number of benzene rings is 1. The highest BCUT2D eigenvalue weighted by atomic mass is 16.4. The van der Waals surface area contributed by atoms with E-state index < -0.39 is 36.4 Å². The molecule has 1 aromatic carbocycles. The Balaban J connectivity index is 2.87. The van der Waals surface area contributed by atoms with Crippen LogP contribution in [0.1, 0.15) is 25.8 Å². The van der Waals surface area contributed by atoms with Gasteiger partial charge in [-0.15, -0.1) is 0 Å². The minimum Gasteiger partial charge on any atom is -0.480 e. The number of hydrogen-bond donors (Lipinski definition) is 3. The summed E-state index contributed by atoms with van der Waals surface area (Å²) in [6, 6.07) is 7.12. The smallest absolute Gasteiger partial charge is 0.323 e. The SMILES string of the molecule is CC(C)C[C@H](N)C(=O)N(CC(=O)O)C(=O)[C@@H](N)Cc1ccccc1. The van der Waals surface area contributed by atoms with E-state index in [4.69, 9.17) is 16.6 Å². The third-order valence-corrected chi connectivity index (χ3v) is 3.48. The first-order valence-corrected chi connectivity index (χ1v) is 7.84. The number of carboxylic acid groups (broad SMARTS) is 1. The first-order chi connectivity index (χ1) is 11.2. The van der Waals surface area contributed by atoms with Crippen LogP contribution in [-0.2, 0) is 20.8 Å². The molecule has 0 aliphatic rings. The number of aliphatic carboxylic acids is 1. The summed E-state index contributed by atoms with van der Waals surface area (Å²) >= 11 is 0. The number of amides is 2. The van der Waals surface area contributed by atoms with Gasteiger partial charge in [-0.25, -0.2) is 0 Å². The molecule has 0 aliphatic carbocycles. The Morgan fingerprint density at radius 2 is 1.58 bits per heavy atom. The normalized spacial score (nSPS) is 13.4. The Kier molecular flexibility index (Phi) is 7.54. The van der Waals surface area contributed by atoms with Crippen LogP contribution < -0.4 is 11.5 Å². The summed E-state index contributed by atoms with van der Waals surface area (Å²) in [5.41, 5.74) is 12.5. The van der Waals surface area contributed by atoms with Gasteiger partial charge in [-0.1, -0.05) is 44.2 Å². The number of hydrogen-bond acceptors (Lipinski definition) is 5. The van der Waals surface area contributed by atoms with E-state index in [1.54, 1.807) is 12.1 Å². The summed E-state index contributed by atoms with van der Waals surface area (Å²) in [7, 11) is 0. The summed E-state index contributed by atoms with van der Waals surface area (Å²) in [5, 5.41) is 8.99. The summed E-state index contributed by atoms with van der Waals surface area (Å²) in [4.78, 5) is 36.5. The van der Waals surface area contributed by atoms with Crippen LogP contribution in [0.3, 0.4) is 0 Å². The zero-order chi connectivity index (χ0) is 18.3. The quantitative estimate of drug-likeness (QED) is 0.630. The van der Waals surface area contributed by atoms with Gasteiger partial charge in [0, 0.05) is 0 Å². The zero-order valence-electron chi connectivity index (χ0n) is 14.0. The second-order valence-corrected chi connectivity index (χ2v) is 6.19. The van der Waals surface area contributed by atoms with Crippen molar-refractivity contribution < 1.29 is 19.5 Å². The molecule has 0 radical (unpaired) electrons. The molecular formula is C17H25N3O4. The van der Waals surface area contributed by atoms with Crippen molar-refractivity contribution in [1.29, 1.82) is 0 Å². The molecule has 24 heavy (non-hydrogen) atoms. The van der Waals surface area contributed by atoms with Crippen LogP contribution in [0.25, 0.3) is 0 Å². The van der Waals surface area contributed by atoms with Gasteiger partial charge in [0.1, 0.15) is 6.54 Å². The Hall–Kier alpha value is -2.25. The van der Waals surface area contributed by atoms with Crippen molar-refractivity contribution in [3.05, 3.63) is 35.9 Å². The lowest BCUT2D eigenvalue weighted by Crippen LogP contribution is -2.54. The van der Waals surface area contributed by atoms with E-state index in [0.717, 1.165) is 5.56 Å². The highest BCUT2D eigenvalue weighted by Gasteiger charge is 2.31. The maximum atomic E-state index is 12.5. The van der Waals surface area contributed by atoms with Crippen LogP contribution in [0.4, 0.5) is 0 Å². The molecule has 1 rings (SSSR count). The lowest BCUT2D eigenvalue weighted by Gasteiger charge is -2.25. The molecule has 5 N–H and O–H groups in total. The first kappa shape index (κ1) is 19.8. The zero-order valence-corrected chi connectivity index (χ0v) is 14.0. The Morgan fingerprint density at radius 1 is 1.04 bits per heavy atom. The molecule has 0 fully saturated rings. The average Bonchev–Trinajstić information content (AvgIpc) is 2.51. The topological polar surface area (TPSA) is 127 Å². The number of nitrogens with zero attached hydrogens (tertiary/aromatic N) is 1. The minimum atomic E-state index is -1.29. The van der Waals surface area contributed by atoms with Gasteiger partial charge < -0.3 is 16.6 Å². The summed E-state index contributed by atoms with van der Waals surface area (Å²) in [5.74, 6) is -2.59. The van der Waals surface area contributed by atoms with Crippen LogP contribution in [0.5, 0.6) is 0 Å². The number of carboxylic acids is 1. The molecule has 0 spiro atoms. The predicted octanol–water partition coefficient (Wildman–Crippen LogP) is 0.370. The molecule has 1 aromatic rings. The van der Waals surface area contributed by atoms with Gasteiger partial charge in [-0.05, 0) is 24.3 Å². The van der Waals surface area contributed by atoms with Crippen molar-refractivity contribution in [1.82, 2.24) is 4.90 Å². The van der Waals surface area contributed by atoms with Crippen LogP contribution in [0, 0.1) is 5.92 Å². The van der Waals surface area contributed by atoms with E-state index in [-0.39, 0.29) is 12.3 Å². The highest BCUT2D eigenvalue weighted by molar-refractivity contribution is 6.02. The molecule has 7 heteroatoms. The fraction of sp³-hybridized carbons (Fsp3) is 0.471. The molecule has 0 aliphatic heterocycles. The first-order valence-electron chi connectivity index (χ1n) is 7.84. The van der Waals surface area contributed by atoms with Gasteiger partial charge in [0.2, 0.25) is 11.8 Å². The van der Waals surface area contributed by atoms with Crippen molar-refractivity contribution in [2.24, 2.45) is 17.4 Å². The highest BCUT2D eigenvalue weighted by Crippen LogP contribution is 2.09. The second kappa shape index (κ2) is 9.14. The molecule has 0 heterocycles. The minimum absolute atomic E-state index is 0.142. The van der Waals surface area contributed by atoms with E-state index in [0.29, 0.717) is 11.3 Å². The Bertz CT molecular complexity index is 574. The maximum Gasteiger partial charge on any atom is 0.323 e. The van der Waals surface area contributed by atoms with Crippen molar-refractivity contribution in [2.45, 2.75) is 38.8 Å². The number of nitrogens with two attached hydrogens (primary N) is 2. The van der Waals surface area contributed by atoms with Gasteiger partial charge in [-0.2, -0.15) is 0 Å². The van der Waals surface area contributed by atoms with Crippen LogP contribution >= 0.6 is 0 Å². The van der Waals surface area contributed by atoms with Gasteiger partial charge in [0.25, 0.3) is 0 Å². The molecule has 2 amide bonds. The van der Waals surface area contributed by atoms with E-state index in [1.165, 1.54) is 0 Å². The largest absolute Gasteiger partial charge is 0.480 e. The summed E-state index contributed by atoms with van der Waals surface area (Å²) in [6.45, 7) is 3.03. The molecule has 0 bridgehead atoms. The number of rotatable bonds is 8. The van der Waals surface area contributed by atoms with Crippen LogP contribution in [0.2, 0.25) is 0 Å². The summed E-state index contributed by atoms with van der Waals surface area (Å²) in [6.07, 6.45) is 0.568. The number of carbonyl (C=O) groups excluding carboxylic acids is 2.